The van der Waals surface area contributed by atoms with Crippen molar-refractivity contribution in [3.63, 3.8) is 0 Å². The Morgan fingerprint density at radius 3 is 1.93 bits per heavy atom. The van der Waals surface area contributed by atoms with Crippen LogP contribution in [0.5, 0.6) is 5.75 Å². The average molecular weight is 385 g/mol. The van der Waals surface area contributed by atoms with Gasteiger partial charge in [0.05, 0.1) is 24.3 Å². The SMILES string of the molecule is CCOC(=O)c1cc(NC(=O)C(C)Oc2ccccc2)cc(C(=O)OCC)c1. The third-order valence-electron chi connectivity index (χ3n) is 3.65. The van der Waals surface area contributed by atoms with Crippen LogP contribution in [0, 0.1) is 0 Å². The van der Waals surface area contributed by atoms with Crippen molar-refractivity contribution in [1.29, 1.82) is 0 Å². The number of nitrogens with one attached hydrogen (secondary N) is 1. The number of amides is 1. The molecule has 2 aromatic carbocycles. The highest BCUT2D eigenvalue weighted by Crippen LogP contribution is 2.18. The van der Waals surface area contributed by atoms with Crippen molar-refractivity contribution < 1.29 is 28.6 Å². The zero-order valence-corrected chi connectivity index (χ0v) is 16.1. The van der Waals surface area contributed by atoms with Crippen LogP contribution in [0.1, 0.15) is 41.5 Å². The van der Waals surface area contributed by atoms with Crippen molar-refractivity contribution in [3.05, 3.63) is 59.7 Å². The van der Waals surface area contributed by atoms with E-state index >= 15 is 0 Å². The highest BCUT2D eigenvalue weighted by molar-refractivity contribution is 6.00. The fraction of sp³-hybridized carbons (Fsp3) is 0.286. The standard InChI is InChI=1S/C21H23NO6/c1-4-26-20(24)15-11-16(21(25)27-5-2)13-17(12-15)22-19(23)14(3)28-18-9-7-6-8-10-18/h6-14H,4-5H2,1-3H3,(H,22,23). The van der Waals surface area contributed by atoms with Gasteiger partial charge in [0, 0.05) is 5.69 Å². The lowest BCUT2D eigenvalue weighted by Crippen LogP contribution is -2.30. The van der Waals surface area contributed by atoms with E-state index in [0.717, 1.165) is 0 Å². The molecule has 2 rings (SSSR count). The van der Waals surface area contributed by atoms with E-state index in [2.05, 4.69) is 5.32 Å². The summed E-state index contributed by atoms with van der Waals surface area (Å²) in [5.74, 6) is -1.08. The molecule has 1 amide bonds. The molecule has 0 aromatic heterocycles. The Labute approximate surface area is 163 Å². The van der Waals surface area contributed by atoms with E-state index in [-0.39, 0.29) is 30.0 Å². The highest BCUT2D eigenvalue weighted by atomic mass is 16.5. The van der Waals surface area contributed by atoms with Crippen molar-refractivity contribution in [2.75, 3.05) is 18.5 Å². The zero-order chi connectivity index (χ0) is 20.5. The molecule has 0 heterocycles. The number of carbonyl (C=O) groups is 3. The van der Waals surface area contributed by atoms with Crippen LogP contribution >= 0.6 is 0 Å². The number of benzene rings is 2. The second-order valence-electron chi connectivity index (χ2n) is 5.80. The summed E-state index contributed by atoms with van der Waals surface area (Å²) in [6.07, 6.45) is -0.792. The van der Waals surface area contributed by atoms with E-state index in [9.17, 15) is 14.4 Å². The number of esters is 2. The summed E-state index contributed by atoms with van der Waals surface area (Å²) in [6.45, 7) is 5.33. The number of rotatable bonds is 8. The molecular weight excluding hydrogens is 362 g/mol. The van der Waals surface area contributed by atoms with Gasteiger partial charge in [-0.2, -0.15) is 0 Å². The van der Waals surface area contributed by atoms with Gasteiger partial charge in [0.1, 0.15) is 5.75 Å². The number of anilines is 1. The molecule has 0 radical (unpaired) electrons. The van der Waals surface area contributed by atoms with E-state index in [0.29, 0.717) is 5.75 Å². The lowest BCUT2D eigenvalue weighted by atomic mass is 10.1. The first kappa shape index (κ1) is 21.0. The Morgan fingerprint density at radius 1 is 0.893 bits per heavy atom. The van der Waals surface area contributed by atoms with E-state index in [1.807, 2.05) is 6.07 Å². The molecule has 1 unspecified atom stereocenters. The number of ether oxygens (including phenoxy) is 3. The summed E-state index contributed by atoms with van der Waals surface area (Å²) in [4.78, 5) is 36.6. The number of hydrogen-bond acceptors (Lipinski definition) is 6. The molecule has 7 nitrogen and oxygen atoms in total. The van der Waals surface area contributed by atoms with Crippen LogP contribution in [0.25, 0.3) is 0 Å². The molecule has 148 valence electrons. The Balaban J connectivity index is 2.21. The number of hydrogen-bond donors (Lipinski definition) is 1. The lowest BCUT2D eigenvalue weighted by Gasteiger charge is -2.15. The van der Waals surface area contributed by atoms with Crippen molar-refractivity contribution in [1.82, 2.24) is 0 Å². The second-order valence-corrected chi connectivity index (χ2v) is 5.80. The van der Waals surface area contributed by atoms with Crippen LogP contribution in [0.3, 0.4) is 0 Å². The fourth-order valence-electron chi connectivity index (χ4n) is 2.36. The smallest absolute Gasteiger partial charge is 0.338 e. The van der Waals surface area contributed by atoms with Crippen LogP contribution in [0.15, 0.2) is 48.5 Å². The average Bonchev–Trinajstić information content (AvgIpc) is 2.68. The largest absolute Gasteiger partial charge is 0.481 e. The maximum Gasteiger partial charge on any atom is 0.338 e. The molecule has 1 N–H and O–H groups in total. The Morgan fingerprint density at radius 2 is 1.43 bits per heavy atom. The maximum atomic E-state index is 12.5. The minimum absolute atomic E-state index is 0.138. The quantitative estimate of drug-likeness (QED) is 0.700. The molecule has 0 bridgehead atoms. The number of para-hydroxylation sites is 1. The molecule has 2 aromatic rings. The first-order valence-electron chi connectivity index (χ1n) is 8.96. The van der Waals surface area contributed by atoms with Crippen molar-refractivity contribution in [3.8, 4) is 5.75 Å². The van der Waals surface area contributed by atoms with Crippen LogP contribution < -0.4 is 10.1 Å². The Bertz CT molecular complexity index is 798. The summed E-state index contributed by atoms with van der Waals surface area (Å²) < 4.78 is 15.5. The van der Waals surface area contributed by atoms with Crippen molar-refractivity contribution in [2.45, 2.75) is 26.9 Å². The normalized spacial score (nSPS) is 11.2. The predicted octanol–water partition coefficient (Wildman–Crippen LogP) is 3.45. The predicted molar refractivity (Wildman–Crippen MR) is 104 cm³/mol. The minimum atomic E-state index is -0.792. The third kappa shape index (κ3) is 5.84. The van der Waals surface area contributed by atoms with Crippen LogP contribution in [-0.4, -0.2) is 37.2 Å². The van der Waals surface area contributed by atoms with Gasteiger partial charge >= 0.3 is 11.9 Å². The van der Waals surface area contributed by atoms with Gasteiger partial charge in [-0.1, -0.05) is 18.2 Å². The third-order valence-corrected chi connectivity index (χ3v) is 3.65. The zero-order valence-electron chi connectivity index (χ0n) is 16.1. The first-order valence-corrected chi connectivity index (χ1v) is 8.96. The summed E-state index contributed by atoms with van der Waals surface area (Å²) in [6, 6.07) is 13.2. The van der Waals surface area contributed by atoms with Gasteiger partial charge in [-0.3, -0.25) is 4.79 Å². The molecule has 1 atom stereocenters. The van der Waals surface area contributed by atoms with Gasteiger partial charge in [-0.15, -0.1) is 0 Å². The van der Waals surface area contributed by atoms with Crippen molar-refractivity contribution in [2.24, 2.45) is 0 Å². The second kappa shape index (κ2) is 10.1. The van der Waals surface area contributed by atoms with Gasteiger partial charge in [0.2, 0.25) is 0 Å². The molecule has 7 heteroatoms. The van der Waals surface area contributed by atoms with E-state index < -0.39 is 23.9 Å². The molecule has 0 aliphatic rings. The molecule has 0 fully saturated rings. The van der Waals surface area contributed by atoms with Crippen LogP contribution in [0.2, 0.25) is 0 Å². The minimum Gasteiger partial charge on any atom is -0.481 e. The summed E-state index contributed by atoms with van der Waals surface area (Å²) in [5.41, 5.74) is 0.542. The summed E-state index contributed by atoms with van der Waals surface area (Å²) in [5, 5.41) is 2.66. The summed E-state index contributed by atoms with van der Waals surface area (Å²) >= 11 is 0. The Kier molecular flexibility index (Phi) is 7.56. The molecule has 0 aliphatic heterocycles. The molecule has 0 saturated heterocycles. The van der Waals surface area contributed by atoms with Crippen LogP contribution in [-0.2, 0) is 14.3 Å². The van der Waals surface area contributed by atoms with E-state index in [1.165, 1.54) is 18.2 Å². The van der Waals surface area contributed by atoms with Crippen molar-refractivity contribution >= 4 is 23.5 Å². The maximum absolute atomic E-state index is 12.5. The Hall–Kier alpha value is -3.35. The fourth-order valence-corrected chi connectivity index (χ4v) is 2.36. The lowest BCUT2D eigenvalue weighted by molar-refractivity contribution is -0.122. The topological polar surface area (TPSA) is 90.9 Å². The summed E-state index contributed by atoms with van der Waals surface area (Å²) in [7, 11) is 0. The van der Waals surface area contributed by atoms with E-state index in [1.54, 1.807) is 45.0 Å². The molecular formula is C21H23NO6. The first-order chi connectivity index (χ1) is 13.4. The number of carbonyl (C=O) groups excluding carboxylic acids is 3. The highest BCUT2D eigenvalue weighted by Gasteiger charge is 2.19. The molecule has 0 aliphatic carbocycles. The van der Waals surface area contributed by atoms with Gasteiger partial charge in [-0.05, 0) is 51.1 Å². The molecule has 0 spiro atoms. The monoisotopic (exact) mass is 385 g/mol. The van der Waals surface area contributed by atoms with Gasteiger partial charge in [0.25, 0.3) is 5.91 Å². The molecule has 0 saturated carbocycles. The van der Waals surface area contributed by atoms with Crippen LogP contribution in [0.4, 0.5) is 5.69 Å². The van der Waals surface area contributed by atoms with Gasteiger partial charge < -0.3 is 19.5 Å². The van der Waals surface area contributed by atoms with Gasteiger partial charge in [0.15, 0.2) is 6.10 Å². The molecule has 28 heavy (non-hydrogen) atoms. The van der Waals surface area contributed by atoms with Gasteiger partial charge in [-0.25, -0.2) is 9.59 Å². The van der Waals surface area contributed by atoms with E-state index in [4.69, 9.17) is 14.2 Å².